The first-order valence-corrected chi connectivity index (χ1v) is 13.2. The normalized spacial score (nSPS) is 11.6. The molecule has 0 aliphatic carbocycles. The number of hydrogen-bond donors (Lipinski definition) is 1. The average molecular weight is 572 g/mol. The summed E-state index contributed by atoms with van der Waals surface area (Å²) < 4.78 is 6.93. The number of amides is 2. The number of halogens is 2. The van der Waals surface area contributed by atoms with Crippen LogP contribution in [0.15, 0.2) is 71.2 Å². The summed E-state index contributed by atoms with van der Waals surface area (Å²) in [6.45, 7) is 6.58. The number of rotatable bonds is 11. The van der Waals surface area contributed by atoms with E-state index < -0.39 is 6.04 Å². The minimum Gasteiger partial charge on any atom is -0.484 e. The first-order valence-electron chi connectivity index (χ1n) is 12.0. The summed E-state index contributed by atoms with van der Waals surface area (Å²) in [5, 5.41) is 3.59. The highest BCUT2D eigenvalue weighted by Gasteiger charge is 2.30. The number of ether oxygens (including phenoxy) is 1. The van der Waals surface area contributed by atoms with Crippen LogP contribution in [-0.4, -0.2) is 35.9 Å². The van der Waals surface area contributed by atoms with Crippen molar-refractivity contribution in [3.63, 3.8) is 0 Å². The molecule has 0 saturated carbocycles. The van der Waals surface area contributed by atoms with Gasteiger partial charge in [-0.15, -0.1) is 0 Å². The van der Waals surface area contributed by atoms with Crippen molar-refractivity contribution in [1.29, 1.82) is 0 Å². The van der Waals surface area contributed by atoms with Crippen LogP contribution < -0.4 is 10.1 Å². The topological polar surface area (TPSA) is 58.6 Å². The molecule has 0 spiro atoms. The van der Waals surface area contributed by atoms with Gasteiger partial charge in [0.05, 0.1) is 0 Å². The van der Waals surface area contributed by atoms with Crippen LogP contribution >= 0.6 is 27.5 Å². The fourth-order valence-electron chi connectivity index (χ4n) is 3.92. The third-order valence-electron chi connectivity index (χ3n) is 5.86. The van der Waals surface area contributed by atoms with Crippen LogP contribution in [0.3, 0.4) is 0 Å². The second-order valence-electron chi connectivity index (χ2n) is 8.80. The number of nitrogens with one attached hydrogen (secondary N) is 1. The van der Waals surface area contributed by atoms with E-state index in [4.69, 9.17) is 16.3 Å². The Balaban J connectivity index is 1.90. The number of nitrogens with zero attached hydrogens (tertiary/aromatic N) is 1. The summed E-state index contributed by atoms with van der Waals surface area (Å²) in [6.07, 6.45) is 1.20. The summed E-state index contributed by atoms with van der Waals surface area (Å²) in [7, 11) is 0. The highest BCUT2D eigenvalue weighted by atomic mass is 79.9. The molecule has 7 heteroatoms. The van der Waals surface area contributed by atoms with Gasteiger partial charge in [-0.3, -0.25) is 9.59 Å². The fourth-order valence-corrected chi connectivity index (χ4v) is 4.28. The molecule has 0 fully saturated rings. The van der Waals surface area contributed by atoms with Crippen molar-refractivity contribution in [3.05, 3.63) is 98.5 Å². The van der Waals surface area contributed by atoms with Crippen molar-refractivity contribution in [3.8, 4) is 5.75 Å². The van der Waals surface area contributed by atoms with E-state index in [-0.39, 0.29) is 25.0 Å². The summed E-state index contributed by atoms with van der Waals surface area (Å²) in [5.74, 6) is 0.164. The highest BCUT2D eigenvalue weighted by Crippen LogP contribution is 2.26. The van der Waals surface area contributed by atoms with Crippen LogP contribution in [0.4, 0.5) is 0 Å². The zero-order valence-electron chi connectivity index (χ0n) is 20.9. The molecular formula is C29H32BrClN2O3. The van der Waals surface area contributed by atoms with Crippen molar-refractivity contribution in [2.24, 2.45) is 0 Å². The summed E-state index contributed by atoms with van der Waals surface area (Å²) in [5.41, 5.74) is 3.90. The van der Waals surface area contributed by atoms with E-state index in [1.807, 2.05) is 75.4 Å². The molecule has 0 unspecified atom stereocenters. The Labute approximate surface area is 226 Å². The lowest BCUT2D eigenvalue weighted by Gasteiger charge is -2.31. The lowest BCUT2D eigenvalue weighted by Crippen LogP contribution is -2.51. The van der Waals surface area contributed by atoms with E-state index in [1.54, 1.807) is 17.0 Å². The van der Waals surface area contributed by atoms with E-state index in [2.05, 4.69) is 21.2 Å². The molecule has 190 valence electrons. The largest absolute Gasteiger partial charge is 0.484 e. The lowest BCUT2D eigenvalue weighted by molar-refractivity contribution is -0.142. The first kappa shape index (κ1) is 27.8. The van der Waals surface area contributed by atoms with Crippen LogP contribution in [0.2, 0.25) is 5.02 Å². The van der Waals surface area contributed by atoms with E-state index in [0.717, 1.165) is 33.1 Å². The van der Waals surface area contributed by atoms with Gasteiger partial charge in [-0.1, -0.05) is 76.9 Å². The van der Waals surface area contributed by atoms with Gasteiger partial charge in [-0.25, -0.2) is 0 Å². The minimum absolute atomic E-state index is 0.180. The minimum atomic E-state index is -0.695. The molecule has 1 N–H and O–H groups in total. The van der Waals surface area contributed by atoms with Crippen molar-refractivity contribution in [1.82, 2.24) is 10.2 Å². The third-order valence-corrected chi connectivity index (χ3v) is 7.36. The van der Waals surface area contributed by atoms with Crippen LogP contribution in [0.5, 0.6) is 5.75 Å². The zero-order valence-corrected chi connectivity index (χ0v) is 23.2. The Morgan fingerprint density at radius 1 is 1.00 bits per heavy atom. The maximum absolute atomic E-state index is 13.6. The Kier molecular flexibility index (Phi) is 10.4. The van der Waals surface area contributed by atoms with Gasteiger partial charge in [0.2, 0.25) is 5.91 Å². The molecule has 5 nitrogen and oxygen atoms in total. The molecule has 2 amide bonds. The standard InChI is InChI=1S/C29H32BrClN2O3/c1-4-14-32-29(35)26(17-22-8-6-5-7-9-22)33(18-23-10-12-24(31)13-11-23)27(34)19-36-25-15-20(2)28(30)21(3)16-25/h5-13,15-16,26H,4,14,17-19H2,1-3H3,(H,32,35)/t26-/m0/s1. The number of benzene rings is 3. The van der Waals surface area contributed by atoms with Crippen molar-refractivity contribution < 1.29 is 14.3 Å². The Morgan fingerprint density at radius 2 is 1.64 bits per heavy atom. The molecular weight excluding hydrogens is 540 g/mol. The van der Waals surface area contributed by atoms with E-state index in [0.29, 0.717) is 23.7 Å². The molecule has 1 atom stereocenters. The Morgan fingerprint density at radius 3 is 2.25 bits per heavy atom. The third kappa shape index (κ3) is 7.84. The van der Waals surface area contributed by atoms with Crippen molar-refractivity contribution in [2.45, 2.75) is 46.2 Å². The van der Waals surface area contributed by atoms with Gasteiger partial charge < -0.3 is 15.0 Å². The quantitative estimate of drug-likeness (QED) is 0.295. The van der Waals surface area contributed by atoms with Gasteiger partial charge in [-0.2, -0.15) is 0 Å². The van der Waals surface area contributed by atoms with Crippen molar-refractivity contribution in [2.75, 3.05) is 13.2 Å². The molecule has 0 aliphatic rings. The lowest BCUT2D eigenvalue weighted by atomic mass is 10.0. The van der Waals surface area contributed by atoms with Crippen LogP contribution in [0.1, 0.15) is 35.6 Å². The molecule has 0 aromatic heterocycles. The predicted molar refractivity (Wildman–Crippen MR) is 148 cm³/mol. The Bertz CT molecular complexity index is 1150. The smallest absolute Gasteiger partial charge is 0.261 e. The number of aryl methyl sites for hydroxylation is 2. The SMILES string of the molecule is CCCNC(=O)[C@H](Cc1ccccc1)N(Cc1ccc(Cl)cc1)C(=O)COc1cc(C)c(Br)c(C)c1. The number of carbonyl (C=O) groups is 2. The zero-order chi connectivity index (χ0) is 26.1. The second-order valence-corrected chi connectivity index (χ2v) is 10.0. The molecule has 3 aromatic carbocycles. The molecule has 0 aliphatic heterocycles. The van der Waals surface area contributed by atoms with Crippen LogP contribution in [0, 0.1) is 13.8 Å². The predicted octanol–water partition coefficient (Wildman–Crippen LogP) is 6.26. The van der Waals surface area contributed by atoms with Gasteiger partial charge in [0.15, 0.2) is 6.61 Å². The van der Waals surface area contributed by atoms with Gasteiger partial charge in [-0.05, 0) is 66.8 Å². The summed E-state index contributed by atoms with van der Waals surface area (Å²) >= 11 is 9.64. The molecule has 0 heterocycles. The van der Waals surface area contributed by atoms with Crippen molar-refractivity contribution >= 4 is 39.3 Å². The van der Waals surface area contributed by atoms with Gasteiger partial charge in [0, 0.05) is 29.0 Å². The first-order chi connectivity index (χ1) is 17.3. The maximum Gasteiger partial charge on any atom is 0.261 e. The maximum atomic E-state index is 13.6. The molecule has 3 rings (SSSR count). The average Bonchev–Trinajstić information content (AvgIpc) is 2.88. The Hall–Kier alpha value is -2.83. The van der Waals surface area contributed by atoms with E-state index in [1.165, 1.54) is 0 Å². The van der Waals surface area contributed by atoms with Gasteiger partial charge in [0.25, 0.3) is 5.91 Å². The van der Waals surface area contributed by atoms with Gasteiger partial charge in [0.1, 0.15) is 11.8 Å². The molecule has 0 radical (unpaired) electrons. The molecule has 3 aromatic rings. The second kappa shape index (κ2) is 13.5. The molecule has 0 saturated heterocycles. The highest BCUT2D eigenvalue weighted by molar-refractivity contribution is 9.10. The summed E-state index contributed by atoms with van der Waals surface area (Å²) in [4.78, 5) is 28.6. The van der Waals surface area contributed by atoms with Crippen LogP contribution in [-0.2, 0) is 22.6 Å². The van der Waals surface area contributed by atoms with E-state index >= 15 is 0 Å². The summed E-state index contributed by atoms with van der Waals surface area (Å²) in [6, 6.07) is 20.1. The monoisotopic (exact) mass is 570 g/mol. The van der Waals surface area contributed by atoms with Gasteiger partial charge >= 0.3 is 0 Å². The number of hydrogen-bond acceptors (Lipinski definition) is 3. The molecule has 36 heavy (non-hydrogen) atoms. The molecule has 0 bridgehead atoms. The van der Waals surface area contributed by atoms with Crippen LogP contribution in [0.25, 0.3) is 0 Å². The van der Waals surface area contributed by atoms with E-state index in [9.17, 15) is 9.59 Å². The fraction of sp³-hybridized carbons (Fsp3) is 0.310. The number of carbonyl (C=O) groups excluding carboxylic acids is 2.